The number of sulfonamides is 1. The third-order valence-electron chi connectivity index (χ3n) is 7.00. The van der Waals surface area contributed by atoms with Gasteiger partial charge in [0.05, 0.1) is 37.3 Å². The number of thiophene rings is 1. The van der Waals surface area contributed by atoms with E-state index in [4.69, 9.17) is 9.47 Å². The fourth-order valence-corrected chi connectivity index (χ4v) is 8.08. The molecule has 3 heterocycles. The Bertz CT molecular complexity index is 1770. The van der Waals surface area contributed by atoms with Crippen LogP contribution in [0.5, 0.6) is 11.5 Å². The number of benzene rings is 2. The SMILES string of the molecule is COc1ccc(C)cc1NC(=O)Cn1cnc2sc(C)c(S(=O)(=O)N3CCN(c4ccccc4OC)CC3)c2c1=O. The van der Waals surface area contributed by atoms with Crippen molar-refractivity contribution in [2.75, 3.05) is 50.6 Å². The van der Waals surface area contributed by atoms with Crippen molar-refractivity contribution in [2.24, 2.45) is 0 Å². The second kappa shape index (κ2) is 11.5. The van der Waals surface area contributed by atoms with Crippen molar-refractivity contribution in [3.8, 4) is 11.5 Å². The Balaban J connectivity index is 1.40. The van der Waals surface area contributed by atoms with Crippen molar-refractivity contribution in [2.45, 2.75) is 25.3 Å². The van der Waals surface area contributed by atoms with Crippen LogP contribution in [-0.2, 0) is 21.4 Å². The zero-order valence-electron chi connectivity index (χ0n) is 23.2. The molecule has 1 N–H and O–H groups in total. The van der Waals surface area contributed by atoms with Crippen LogP contribution in [0.1, 0.15) is 10.4 Å². The fraction of sp³-hybridized carbons (Fsp3) is 0.321. The molecule has 4 aromatic rings. The number of ether oxygens (including phenoxy) is 2. The van der Waals surface area contributed by atoms with Crippen LogP contribution in [0.15, 0.2) is 58.5 Å². The molecular weight excluding hydrogens is 566 g/mol. The van der Waals surface area contributed by atoms with E-state index in [1.54, 1.807) is 26.2 Å². The van der Waals surface area contributed by atoms with E-state index in [9.17, 15) is 18.0 Å². The molecule has 13 heteroatoms. The maximum absolute atomic E-state index is 13.9. The van der Waals surface area contributed by atoms with Crippen LogP contribution in [0.4, 0.5) is 11.4 Å². The Labute approximate surface area is 242 Å². The Kier molecular flexibility index (Phi) is 8.02. The molecule has 0 unspecified atom stereocenters. The van der Waals surface area contributed by atoms with Gasteiger partial charge in [0.2, 0.25) is 15.9 Å². The van der Waals surface area contributed by atoms with Gasteiger partial charge in [-0.3, -0.25) is 14.2 Å². The maximum Gasteiger partial charge on any atom is 0.263 e. The van der Waals surface area contributed by atoms with Crippen molar-refractivity contribution in [1.82, 2.24) is 13.9 Å². The number of anilines is 2. The lowest BCUT2D eigenvalue weighted by atomic mass is 10.2. The summed E-state index contributed by atoms with van der Waals surface area (Å²) in [7, 11) is -0.905. The van der Waals surface area contributed by atoms with Crippen LogP contribution in [0.2, 0.25) is 0 Å². The van der Waals surface area contributed by atoms with Gasteiger partial charge in [-0.25, -0.2) is 13.4 Å². The van der Waals surface area contributed by atoms with Crippen molar-refractivity contribution < 1.29 is 22.7 Å². The number of aromatic nitrogens is 2. The molecule has 0 bridgehead atoms. The largest absolute Gasteiger partial charge is 0.495 e. The third-order valence-corrected chi connectivity index (χ3v) is 10.2. The number of hydrogen-bond acceptors (Lipinski definition) is 9. The van der Waals surface area contributed by atoms with Crippen molar-refractivity contribution in [1.29, 1.82) is 0 Å². The van der Waals surface area contributed by atoms with Crippen molar-refractivity contribution in [3.05, 3.63) is 69.6 Å². The molecule has 1 fully saturated rings. The molecular formula is C28H31N5O6S2. The van der Waals surface area contributed by atoms with E-state index in [1.165, 1.54) is 17.7 Å². The van der Waals surface area contributed by atoms with Gasteiger partial charge in [-0.05, 0) is 43.7 Å². The highest BCUT2D eigenvalue weighted by molar-refractivity contribution is 7.89. The summed E-state index contributed by atoms with van der Waals surface area (Å²) in [5, 5.41) is 2.77. The first-order valence-electron chi connectivity index (χ1n) is 12.9. The zero-order chi connectivity index (χ0) is 29.3. The second-order valence-electron chi connectivity index (χ2n) is 9.66. The van der Waals surface area contributed by atoms with E-state index in [0.717, 1.165) is 32.9 Å². The Morgan fingerprint density at radius 3 is 2.44 bits per heavy atom. The van der Waals surface area contributed by atoms with Gasteiger partial charge in [0.1, 0.15) is 27.8 Å². The summed E-state index contributed by atoms with van der Waals surface area (Å²) in [6.07, 6.45) is 1.27. The minimum atomic E-state index is -4.01. The van der Waals surface area contributed by atoms with Gasteiger partial charge in [-0.1, -0.05) is 18.2 Å². The molecule has 0 atom stereocenters. The van der Waals surface area contributed by atoms with Crippen LogP contribution in [0, 0.1) is 13.8 Å². The molecule has 1 amide bonds. The number of para-hydroxylation sites is 2. The van der Waals surface area contributed by atoms with Gasteiger partial charge < -0.3 is 19.7 Å². The molecule has 41 heavy (non-hydrogen) atoms. The second-order valence-corrected chi connectivity index (χ2v) is 12.7. The molecule has 0 spiro atoms. The number of methoxy groups -OCH3 is 2. The normalized spacial score (nSPS) is 14.3. The quantitative estimate of drug-likeness (QED) is 0.329. The zero-order valence-corrected chi connectivity index (χ0v) is 24.8. The molecule has 216 valence electrons. The van der Waals surface area contributed by atoms with Gasteiger partial charge in [0.15, 0.2) is 0 Å². The van der Waals surface area contributed by atoms with Gasteiger partial charge in [0.25, 0.3) is 5.56 Å². The number of nitrogens with one attached hydrogen (secondary N) is 1. The van der Waals surface area contributed by atoms with E-state index in [1.807, 2.05) is 37.3 Å². The smallest absolute Gasteiger partial charge is 0.263 e. The molecule has 5 rings (SSSR count). The molecule has 1 saturated heterocycles. The fourth-order valence-electron chi connectivity index (χ4n) is 4.99. The lowest BCUT2D eigenvalue weighted by molar-refractivity contribution is -0.116. The molecule has 0 radical (unpaired) electrons. The van der Waals surface area contributed by atoms with Crippen LogP contribution >= 0.6 is 11.3 Å². The van der Waals surface area contributed by atoms with Crippen LogP contribution in [0.3, 0.4) is 0 Å². The first kappa shape index (κ1) is 28.6. The van der Waals surface area contributed by atoms with Gasteiger partial charge in [-0.2, -0.15) is 4.31 Å². The Morgan fingerprint density at radius 1 is 1.02 bits per heavy atom. The van der Waals surface area contributed by atoms with Gasteiger partial charge in [-0.15, -0.1) is 11.3 Å². The predicted octanol–water partition coefficient (Wildman–Crippen LogP) is 3.24. The van der Waals surface area contributed by atoms with Crippen LogP contribution in [0.25, 0.3) is 10.2 Å². The van der Waals surface area contributed by atoms with Gasteiger partial charge in [0, 0.05) is 31.1 Å². The molecule has 0 aliphatic carbocycles. The lowest BCUT2D eigenvalue weighted by Gasteiger charge is -2.35. The first-order valence-corrected chi connectivity index (χ1v) is 15.2. The summed E-state index contributed by atoms with van der Waals surface area (Å²) in [6.45, 7) is 4.63. The van der Waals surface area contributed by atoms with E-state index in [-0.39, 0.29) is 29.9 Å². The number of aryl methyl sites for hydroxylation is 2. The number of nitrogens with zero attached hydrogens (tertiary/aromatic N) is 4. The number of carbonyl (C=O) groups excluding carboxylic acids is 1. The highest BCUT2D eigenvalue weighted by atomic mass is 32.2. The summed E-state index contributed by atoms with van der Waals surface area (Å²) in [6, 6.07) is 13.0. The number of hydrogen-bond donors (Lipinski definition) is 1. The minimum absolute atomic E-state index is 0.00287. The molecule has 1 aliphatic rings. The monoisotopic (exact) mass is 597 g/mol. The maximum atomic E-state index is 13.9. The standard InChI is InChI=1S/C28H31N5O6S2/c1-18-9-10-22(38-3)20(15-18)30-24(34)16-32-17-29-27-25(28(32)35)26(19(2)40-27)41(36,37)33-13-11-31(12-14-33)21-7-5-6-8-23(21)39-4/h5-10,15,17H,11-14,16H2,1-4H3,(H,30,34). The molecule has 2 aromatic heterocycles. The molecule has 2 aromatic carbocycles. The number of fused-ring (bicyclic) bond motifs is 1. The van der Waals surface area contributed by atoms with Gasteiger partial charge >= 0.3 is 0 Å². The molecule has 1 aliphatic heterocycles. The highest BCUT2D eigenvalue weighted by Gasteiger charge is 2.34. The van der Waals surface area contributed by atoms with Crippen LogP contribution < -0.4 is 25.2 Å². The Morgan fingerprint density at radius 2 is 1.73 bits per heavy atom. The van der Waals surface area contributed by atoms with Crippen molar-refractivity contribution >= 4 is 48.9 Å². The predicted molar refractivity (Wildman–Crippen MR) is 159 cm³/mol. The van der Waals surface area contributed by atoms with E-state index in [0.29, 0.717) is 34.2 Å². The summed E-state index contributed by atoms with van der Waals surface area (Å²) in [5.74, 6) is 0.735. The highest BCUT2D eigenvalue weighted by Crippen LogP contribution is 2.34. The number of rotatable bonds is 8. The lowest BCUT2D eigenvalue weighted by Crippen LogP contribution is -2.49. The topological polar surface area (TPSA) is 123 Å². The summed E-state index contributed by atoms with van der Waals surface area (Å²) >= 11 is 1.15. The minimum Gasteiger partial charge on any atom is -0.495 e. The third kappa shape index (κ3) is 5.52. The number of amides is 1. The van der Waals surface area contributed by atoms with Crippen molar-refractivity contribution in [3.63, 3.8) is 0 Å². The Hall–Kier alpha value is -3.94. The average Bonchev–Trinajstić information content (AvgIpc) is 3.32. The number of piperazine rings is 1. The summed E-state index contributed by atoms with van der Waals surface area (Å²) in [4.78, 5) is 33.6. The molecule has 11 nitrogen and oxygen atoms in total. The van der Waals surface area contributed by atoms with E-state index >= 15 is 0 Å². The summed E-state index contributed by atoms with van der Waals surface area (Å²) < 4.78 is 41.1. The first-order chi connectivity index (χ1) is 19.6. The van der Waals surface area contributed by atoms with Crippen LogP contribution in [-0.4, -0.2) is 68.6 Å². The summed E-state index contributed by atoms with van der Waals surface area (Å²) in [5.41, 5.74) is 1.71. The van der Waals surface area contributed by atoms with E-state index < -0.39 is 21.5 Å². The van der Waals surface area contributed by atoms with E-state index in [2.05, 4.69) is 15.2 Å². The molecule has 0 saturated carbocycles. The number of carbonyl (C=O) groups is 1. The average molecular weight is 598 g/mol.